The standard InChI is InChI=1S/C21H13Cl3N4O/c1-12-19(21(29)14-9-25-11-26-10-14)27-28(18-7-6-16(23)8-17(18)24)20(12)13-2-4-15(22)5-3-13/h2-11H,1H3. The van der Waals surface area contributed by atoms with E-state index in [9.17, 15) is 4.79 Å². The molecule has 0 aliphatic carbocycles. The molecule has 5 nitrogen and oxygen atoms in total. The van der Waals surface area contributed by atoms with Gasteiger partial charge in [0, 0.05) is 33.6 Å². The van der Waals surface area contributed by atoms with E-state index >= 15 is 0 Å². The lowest BCUT2D eigenvalue weighted by atomic mass is 10.0. The van der Waals surface area contributed by atoms with E-state index in [1.165, 1.54) is 18.7 Å². The predicted molar refractivity (Wildman–Crippen MR) is 114 cm³/mol. The van der Waals surface area contributed by atoms with Crippen molar-refractivity contribution in [2.45, 2.75) is 6.92 Å². The monoisotopic (exact) mass is 442 g/mol. The van der Waals surface area contributed by atoms with Crippen LogP contribution >= 0.6 is 34.8 Å². The number of hydrogen-bond acceptors (Lipinski definition) is 4. The molecule has 2 heterocycles. The number of carbonyl (C=O) groups is 1. The van der Waals surface area contributed by atoms with Crippen molar-refractivity contribution >= 4 is 40.6 Å². The minimum absolute atomic E-state index is 0.276. The maximum Gasteiger partial charge on any atom is 0.216 e. The van der Waals surface area contributed by atoms with E-state index in [0.29, 0.717) is 31.9 Å². The lowest BCUT2D eigenvalue weighted by molar-refractivity contribution is 0.103. The zero-order valence-corrected chi connectivity index (χ0v) is 17.4. The fraction of sp³-hybridized carbons (Fsp3) is 0.0476. The van der Waals surface area contributed by atoms with Crippen LogP contribution in [-0.4, -0.2) is 25.5 Å². The van der Waals surface area contributed by atoms with Crippen molar-refractivity contribution < 1.29 is 4.79 Å². The normalized spacial score (nSPS) is 10.9. The van der Waals surface area contributed by atoms with Gasteiger partial charge in [0.15, 0.2) is 0 Å². The zero-order chi connectivity index (χ0) is 20.5. The molecule has 0 saturated carbocycles. The highest BCUT2D eigenvalue weighted by Crippen LogP contribution is 2.33. The summed E-state index contributed by atoms with van der Waals surface area (Å²) in [4.78, 5) is 20.9. The molecule has 8 heteroatoms. The summed E-state index contributed by atoms with van der Waals surface area (Å²) in [5.41, 5.74) is 3.51. The Labute approximate surface area is 181 Å². The van der Waals surface area contributed by atoms with Crippen LogP contribution in [0.4, 0.5) is 0 Å². The first-order valence-electron chi connectivity index (χ1n) is 8.56. The topological polar surface area (TPSA) is 60.7 Å². The summed E-state index contributed by atoms with van der Waals surface area (Å²) in [5, 5.41) is 6.13. The first-order chi connectivity index (χ1) is 14.0. The van der Waals surface area contributed by atoms with Gasteiger partial charge in [-0.2, -0.15) is 5.10 Å². The molecule has 0 unspecified atom stereocenters. The number of nitrogens with zero attached hydrogens (tertiary/aromatic N) is 4. The van der Waals surface area contributed by atoms with Crippen LogP contribution in [0.25, 0.3) is 16.9 Å². The van der Waals surface area contributed by atoms with Gasteiger partial charge < -0.3 is 0 Å². The van der Waals surface area contributed by atoms with Crippen LogP contribution in [0.3, 0.4) is 0 Å². The van der Waals surface area contributed by atoms with E-state index in [1.54, 1.807) is 35.0 Å². The molecule has 29 heavy (non-hydrogen) atoms. The minimum Gasteiger partial charge on any atom is -0.287 e. The molecule has 0 radical (unpaired) electrons. The summed E-state index contributed by atoms with van der Waals surface area (Å²) in [5.74, 6) is -0.276. The molecular weight excluding hydrogens is 431 g/mol. The zero-order valence-electron chi connectivity index (χ0n) is 15.1. The van der Waals surface area contributed by atoms with Crippen molar-refractivity contribution in [3.05, 3.63) is 93.1 Å². The van der Waals surface area contributed by atoms with Gasteiger partial charge in [-0.1, -0.05) is 46.9 Å². The first-order valence-corrected chi connectivity index (χ1v) is 9.70. The fourth-order valence-electron chi connectivity index (χ4n) is 3.04. The van der Waals surface area contributed by atoms with Crippen LogP contribution in [0.5, 0.6) is 0 Å². The van der Waals surface area contributed by atoms with E-state index in [1.807, 2.05) is 19.1 Å². The van der Waals surface area contributed by atoms with Crippen LogP contribution in [0.2, 0.25) is 15.1 Å². The average molecular weight is 444 g/mol. The van der Waals surface area contributed by atoms with Gasteiger partial charge in [-0.15, -0.1) is 0 Å². The highest BCUT2D eigenvalue weighted by Gasteiger charge is 2.24. The Morgan fingerprint density at radius 1 is 0.931 bits per heavy atom. The predicted octanol–water partition coefficient (Wildman–Crippen LogP) is 5.83. The van der Waals surface area contributed by atoms with Crippen molar-refractivity contribution in [1.29, 1.82) is 0 Å². The molecule has 2 aromatic heterocycles. The molecule has 0 bridgehead atoms. The molecule has 0 saturated heterocycles. The molecule has 0 aliphatic rings. The number of ketones is 1. The Morgan fingerprint density at radius 3 is 2.24 bits per heavy atom. The van der Waals surface area contributed by atoms with E-state index in [-0.39, 0.29) is 11.5 Å². The van der Waals surface area contributed by atoms with Gasteiger partial charge in [0.05, 0.1) is 22.0 Å². The van der Waals surface area contributed by atoms with Crippen molar-refractivity contribution in [2.24, 2.45) is 0 Å². The van der Waals surface area contributed by atoms with Crippen LogP contribution in [-0.2, 0) is 0 Å². The molecule has 0 aliphatic heterocycles. The van der Waals surface area contributed by atoms with Crippen LogP contribution < -0.4 is 0 Å². The number of benzene rings is 2. The van der Waals surface area contributed by atoms with Gasteiger partial charge in [0.1, 0.15) is 12.0 Å². The molecule has 0 atom stereocenters. The van der Waals surface area contributed by atoms with Crippen molar-refractivity contribution in [1.82, 2.24) is 19.7 Å². The second-order valence-corrected chi connectivity index (χ2v) is 7.57. The Kier molecular flexibility index (Phi) is 5.37. The number of carbonyl (C=O) groups excluding carboxylic acids is 1. The highest BCUT2D eigenvalue weighted by atomic mass is 35.5. The number of hydrogen-bond donors (Lipinski definition) is 0. The van der Waals surface area contributed by atoms with Crippen molar-refractivity contribution in [2.75, 3.05) is 0 Å². The molecule has 0 spiro atoms. The van der Waals surface area contributed by atoms with Gasteiger partial charge in [-0.25, -0.2) is 14.6 Å². The lowest BCUT2D eigenvalue weighted by Crippen LogP contribution is -2.06. The largest absolute Gasteiger partial charge is 0.287 e. The molecule has 0 amide bonds. The van der Waals surface area contributed by atoms with Crippen molar-refractivity contribution in [3.63, 3.8) is 0 Å². The maximum atomic E-state index is 13.1. The highest BCUT2D eigenvalue weighted by molar-refractivity contribution is 6.35. The Bertz CT molecular complexity index is 1200. The fourth-order valence-corrected chi connectivity index (χ4v) is 3.65. The summed E-state index contributed by atoms with van der Waals surface area (Å²) >= 11 is 18.5. The third kappa shape index (κ3) is 3.77. The summed E-state index contributed by atoms with van der Waals surface area (Å²) in [7, 11) is 0. The summed E-state index contributed by atoms with van der Waals surface area (Å²) < 4.78 is 1.65. The van der Waals surface area contributed by atoms with E-state index < -0.39 is 0 Å². The molecular formula is C21H13Cl3N4O. The quantitative estimate of drug-likeness (QED) is 0.372. The number of aromatic nitrogens is 4. The summed E-state index contributed by atoms with van der Waals surface area (Å²) in [6.45, 7) is 1.84. The summed E-state index contributed by atoms with van der Waals surface area (Å²) in [6, 6.07) is 12.4. The van der Waals surface area contributed by atoms with Crippen LogP contribution in [0.1, 0.15) is 21.6 Å². The molecule has 144 valence electrons. The van der Waals surface area contributed by atoms with Gasteiger partial charge in [0.25, 0.3) is 0 Å². The maximum absolute atomic E-state index is 13.1. The Hall–Kier alpha value is -2.73. The minimum atomic E-state index is -0.276. The number of halogens is 3. The Morgan fingerprint density at radius 2 is 1.59 bits per heavy atom. The third-order valence-electron chi connectivity index (χ3n) is 4.42. The number of rotatable bonds is 4. The van der Waals surface area contributed by atoms with Gasteiger partial charge >= 0.3 is 0 Å². The second kappa shape index (κ2) is 7.95. The molecule has 0 fully saturated rings. The van der Waals surface area contributed by atoms with Crippen LogP contribution in [0.15, 0.2) is 61.2 Å². The smallest absolute Gasteiger partial charge is 0.216 e. The lowest BCUT2D eigenvalue weighted by Gasteiger charge is -2.11. The average Bonchev–Trinajstić information content (AvgIpc) is 3.05. The van der Waals surface area contributed by atoms with Crippen molar-refractivity contribution in [3.8, 4) is 16.9 Å². The molecule has 2 aromatic carbocycles. The van der Waals surface area contributed by atoms with E-state index in [0.717, 1.165) is 11.3 Å². The third-order valence-corrected chi connectivity index (χ3v) is 5.21. The van der Waals surface area contributed by atoms with E-state index in [2.05, 4.69) is 15.1 Å². The van der Waals surface area contributed by atoms with Crippen LogP contribution in [0, 0.1) is 6.92 Å². The van der Waals surface area contributed by atoms with Gasteiger partial charge in [-0.3, -0.25) is 4.79 Å². The SMILES string of the molecule is Cc1c(C(=O)c2cncnc2)nn(-c2ccc(Cl)cc2Cl)c1-c1ccc(Cl)cc1. The first kappa shape index (κ1) is 19.6. The molecule has 4 rings (SSSR count). The van der Waals surface area contributed by atoms with Gasteiger partial charge in [0.2, 0.25) is 5.78 Å². The van der Waals surface area contributed by atoms with Gasteiger partial charge in [-0.05, 0) is 37.3 Å². The second-order valence-electron chi connectivity index (χ2n) is 6.29. The molecule has 4 aromatic rings. The molecule has 0 N–H and O–H groups in total. The Balaban J connectivity index is 1.96. The van der Waals surface area contributed by atoms with E-state index in [4.69, 9.17) is 34.8 Å². The summed E-state index contributed by atoms with van der Waals surface area (Å²) in [6.07, 6.45) is 4.30.